The molecule has 2 aliphatic rings. The molecule has 2 fully saturated rings. The lowest BCUT2D eigenvalue weighted by atomic mass is 10.2. The average molecular weight is 171 g/mol. The van der Waals surface area contributed by atoms with Gasteiger partial charge in [-0.15, -0.1) is 0 Å². The van der Waals surface area contributed by atoms with Gasteiger partial charge in [-0.25, -0.2) is 4.39 Å². The molecule has 12 heavy (non-hydrogen) atoms. The zero-order chi connectivity index (χ0) is 8.60. The third-order valence-electron chi connectivity index (χ3n) is 3.27. The van der Waals surface area contributed by atoms with Gasteiger partial charge >= 0.3 is 0 Å². The van der Waals surface area contributed by atoms with Crippen LogP contribution in [0.25, 0.3) is 0 Å². The standard InChI is InChI=1S/C10H18FN/c1-12(8-10(11)6-7-10)9-4-2-3-5-9/h9H,2-8H2,1H3. The molecule has 2 heteroatoms. The van der Waals surface area contributed by atoms with Crippen LogP contribution in [0.2, 0.25) is 0 Å². The molecule has 0 unspecified atom stereocenters. The van der Waals surface area contributed by atoms with Crippen molar-refractivity contribution in [3.63, 3.8) is 0 Å². The Labute approximate surface area is 73.9 Å². The summed E-state index contributed by atoms with van der Waals surface area (Å²) in [5, 5.41) is 0. The van der Waals surface area contributed by atoms with Gasteiger partial charge in [0, 0.05) is 12.6 Å². The minimum atomic E-state index is -0.794. The van der Waals surface area contributed by atoms with Crippen molar-refractivity contribution in [2.45, 2.75) is 50.2 Å². The molecule has 70 valence electrons. The van der Waals surface area contributed by atoms with Gasteiger partial charge in [-0.1, -0.05) is 12.8 Å². The van der Waals surface area contributed by atoms with Crippen molar-refractivity contribution in [3.05, 3.63) is 0 Å². The highest BCUT2D eigenvalue weighted by atomic mass is 19.1. The van der Waals surface area contributed by atoms with Crippen LogP contribution in [0, 0.1) is 0 Å². The van der Waals surface area contributed by atoms with E-state index in [1.54, 1.807) is 0 Å². The number of nitrogens with zero attached hydrogens (tertiary/aromatic N) is 1. The predicted molar refractivity (Wildman–Crippen MR) is 48.0 cm³/mol. The van der Waals surface area contributed by atoms with E-state index < -0.39 is 5.67 Å². The fourth-order valence-corrected chi connectivity index (χ4v) is 2.21. The van der Waals surface area contributed by atoms with Crippen molar-refractivity contribution in [1.82, 2.24) is 4.90 Å². The van der Waals surface area contributed by atoms with Crippen LogP contribution in [0.15, 0.2) is 0 Å². The second-order valence-corrected chi connectivity index (χ2v) is 4.50. The van der Waals surface area contributed by atoms with E-state index in [1.165, 1.54) is 25.7 Å². The van der Waals surface area contributed by atoms with Crippen molar-refractivity contribution in [2.24, 2.45) is 0 Å². The van der Waals surface area contributed by atoms with Gasteiger partial charge in [-0.2, -0.15) is 0 Å². The summed E-state index contributed by atoms with van der Waals surface area (Å²) in [6.45, 7) is 0.678. The highest BCUT2D eigenvalue weighted by Gasteiger charge is 2.44. The monoisotopic (exact) mass is 171 g/mol. The van der Waals surface area contributed by atoms with Crippen molar-refractivity contribution in [3.8, 4) is 0 Å². The minimum absolute atomic E-state index is 0.678. The van der Waals surface area contributed by atoms with E-state index in [-0.39, 0.29) is 0 Å². The van der Waals surface area contributed by atoms with Gasteiger partial charge in [0.25, 0.3) is 0 Å². The highest BCUT2D eigenvalue weighted by molar-refractivity contribution is 4.97. The third-order valence-corrected chi connectivity index (χ3v) is 3.27. The number of halogens is 1. The van der Waals surface area contributed by atoms with E-state index in [4.69, 9.17) is 0 Å². The molecule has 0 aromatic rings. The fraction of sp³-hybridized carbons (Fsp3) is 1.00. The van der Waals surface area contributed by atoms with Gasteiger partial charge in [0.1, 0.15) is 5.67 Å². The molecule has 2 rings (SSSR count). The van der Waals surface area contributed by atoms with Crippen LogP contribution < -0.4 is 0 Å². The molecule has 0 aromatic carbocycles. The molecule has 2 saturated carbocycles. The second-order valence-electron chi connectivity index (χ2n) is 4.50. The highest BCUT2D eigenvalue weighted by Crippen LogP contribution is 2.41. The third kappa shape index (κ3) is 1.79. The van der Waals surface area contributed by atoms with Gasteiger partial charge in [-0.05, 0) is 32.7 Å². The number of alkyl halides is 1. The molecule has 0 atom stereocenters. The Hall–Kier alpha value is -0.110. The smallest absolute Gasteiger partial charge is 0.123 e. The van der Waals surface area contributed by atoms with Crippen molar-refractivity contribution in [1.29, 1.82) is 0 Å². The first kappa shape index (κ1) is 8.49. The molecule has 0 aromatic heterocycles. The van der Waals surface area contributed by atoms with Crippen LogP contribution in [0.4, 0.5) is 4.39 Å². The normalized spacial score (nSPS) is 28.2. The zero-order valence-corrected chi connectivity index (χ0v) is 7.85. The Morgan fingerprint density at radius 3 is 2.42 bits per heavy atom. The maximum Gasteiger partial charge on any atom is 0.123 e. The quantitative estimate of drug-likeness (QED) is 0.630. The summed E-state index contributed by atoms with van der Waals surface area (Å²) in [7, 11) is 2.08. The van der Waals surface area contributed by atoms with Gasteiger partial charge < -0.3 is 4.90 Å². The Morgan fingerprint density at radius 2 is 1.92 bits per heavy atom. The van der Waals surface area contributed by atoms with Crippen molar-refractivity contribution < 1.29 is 4.39 Å². The zero-order valence-electron chi connectivity index (χ0n) is 7.85. The van der Waals surface area contributed by atoms with Crippen molar-refractivity contribution >= 4 is 0 Å². The predicted octanol–water partition coefficient (Wildman–Crippen LogP) is 2.36. The molecular weight excluding hydrogens is 153 g/mol. The summed E-state index contributed by atoms with van der Waals surface area (Å²) in [6, 6.07) is 0.679. The number of rotatable bonds is 3. The molecule has 0 N–H and O–H groups in total. The Bertz CT molecular complexity index is 159. The van der Waals surface area contributed by atoms with Gasteiger partial charge in [0.2, 0.25) is 0 Å². The molecule has 2 aliphatic carbocycles. The van der Waals surface area contributed by atoms with Gasteiger partial charge in [0.15, 0.2) is 0 Å². The summed E-state index contributed by atoms with van der Waals surface area (Å²) >= 11 is 0. The minimum Gasteiger partial charge on any atom is -0.300 e. The van der Waals surface area contributed by atoms with E-state index >= 15 is 0 Å². The summed E-state index contributed by atoms with van der Waals surface area (Å²) in [5.41, 5.74) is -0.794. The summed E-state index contributed by atoms with van der Waals surface area (Å²) in [5.74, 6) is 0. The molecule has 0 aliphatic heterocycles. The largest absolute Gasteiger partial charge is 0.300 e. The maximum atomic E-state index is 13.4. The van der Waals surface area contributed by atoms with Crippen LogP contribution in [0.5, 0.6) is 0 Å². The Morgan fingerprint density at radius 1 is 1.33 bits per heavy atom. The number of hydrogen-bond donors (Lipinski definition) is 0. The van der Waals surface area contributed by atoms with E-state index in [1.807, 2.05) is 0 Å². The fourth-order valence-electron chi connectivity index (χ4n) is 2.21. The molecule has 0 amide bonds. The van der Waals surface area contributed by atoms with Crippen LogP contribution in [0.1, 0.15) is 38.5 Å². The molecule has 1 nitrogen and oxygen atoms in total. The average Bonchev–Trinajstić information content (AvgIpc) is 2.55. The number of hydrogen-bond acceptors (Lipinski definition) is 1. The van der Waals surface area contributed by atoms with E-state index in [2.05, 4.69) is 11.9 Å². The Balaban J connectivity index is 1.79. The van der Waals surface area contributed by atoms with Crippen LogP contribution in [-0.2, 0) is 0 Å². The topological polar surface area (TPSA) is 3.24 Å². The van der Waals surface area contributed by atoms with Gasteiger partial charge in [0.05, 0.1) is 0 Å². The molecule has 0 radical (unpaired) electrons. The second kappa shape index (κ2) is 2.99. The molecule has 0 saturated heterocycles. The Kier molecular flexibility index (Phi) is 2.11. The molecule has 0 bridgehead atoms. The maximum absolute atomic E-state index is 13.4. The summed E-state index contributed by atoms with van der Waals surface area (Å²) in [6.07, 6.45) is 6.84. The lowest BCUT2D eigenvalue weighted by Gasteiger charge is -2.25. The van der Waals surface area contributed by atoms with E-state index in [0.717, 1.165) is 12.8 Å². The first-order valence-electron chi connectivity index (χ1n) is 5.09. The van der Waals surface area contributed by atoms with Crippen LogP contribution in [-0.4, -0.2) is 30.2 Å². The SMILES string of the molecule is CN(CC1(F)CC1)C1CCCC1. The summed E-state index contributed by atoms with van der Waals surface area (Å²) in [4.78, 5) is 2.24. The molecule has 0 spiro atoms. The molecule has 0 heterocycles. The van der Waals surface area contributed by atoms with Gasteiger partial charge in [-0.3, -0.25) is 0 Å². The first-order chi connectivity index (χ1) is 5.70. The lowest BCUT2D eigenvalue weighted by molar-refractivity contribution is 0.161. The van der Waals surface area contributed by atoms with Crippen molar-refractivity contribution in [2.75, 3.05) is 13.6 Å². The van der Waals surface area contributed by atoms with Crippen LogP contribution in [0.3, 0.4) is 0 Å². The van der Waals surface area contributed by atoms with E-state index in [9.17, 15) is 4.39 Å². The first-order valence-corrected chi connectivity index (χ1v) is 5.09. The van der Waals surface area contributed by atoms with E-state index in [0.29, 0.717) is 12.6 Å². The van der Waals surface area contributed by atoms with Crippen LogP contribution >= 0.6 is 0 Å². The lowest BCUT2D eigenvalue weighted by Crippen LogP contribution is -2.35. The summed E-state index contributed by atoms with van der Waals surface area (Å²) < 4.78 is 13.4. The molecular formula is C10H18FN.